The van der Waals surface area contributed by atoms with Gasteiger partial charge in [0.2, 0.25) is 0 Å². The van der Waals surface area contributed by atoms with E-state index < -0.39 is 62.0 Å². The third kappa shape index (κ3) is 3.16. The predicted molar refractivity (Wildman–Crippen MR) is 96.2 cm³/mol. The number of carboxylic acids is 2. The summed E-state index contributed by atoms with van der Waals surface area (Å²) in [5.41, 5.74) is 0.0977. The van der Waals surface area contributed by atoms with Crippen LogP contribution in [0.3, 0.4) is 0 Å². The Bertz CT molecular complexity index is 1030. The van der Waals surface area contributed by atoms with Crippen molar-refractivity contribution in [3.05, 3.63) is 47.5 Å². The Hall–Kier alpha value is -3.21. The van der Waals surface area contributed by atoms with Gasteiger partial charge in [-0.3, -0.25) is 9.59 Å². The Balaban J connectivity index is 1.88. The van der Waals surface area contributed by atoms with Crippen LogP contribution in [0.4, 0.5) is 0 Å². The molecule has 2 fully saturated rings. The largest absolute Gasteiger partial charge is 0.480 e. The number of nitrogens with zero attached hydrogens (tertiary/aromatic N) is 1. The molecule has 1 aromatic rings. The number of ether oxygens (including phenoxy) is 1. The van der Waals surface area contributed by atoms with E-state index in [1.165, 1.54) is 0 Å². The highest BCUT2D eigenvalue weighted by atomic mass is 32.2. The highest BCUT2D eigenvalue weighted by molar-refractivity contribution is 7.94. The first kappa shape index (κ1) is 20.5. The number of β-lactam (4-membered cyclic amide) rings is 1. The van der Waals surface area contributed by atoms with Gasteiger partial charge in [-0.25, -0.2) is 18.0 Å². The number of hydrogen-bond donors (Lipinski definition) is 2. The highest BCUT2D eigenvalue weighted by Gasteiger charge is 2.72. The molecule has 1 unspecified atom stereocenters. The molecule has 0 spiro atoms. The summed E-state index contributed by atoms with van der Waals surface area (Å²) in [7, 11) is -4.40. The summed E-state index contributed by atoms with van der Waals surface area (Å²) in [5.74, 6) is -4.88. The number of esters is 1. The minimum absolute atomic E-state index is 0.148. The maximum atomic E-state index is 13.0. The molecule has 2 saturated heterocycles. The average Bonchev–Trinajstić information content (AvgIpc) is 2.80. The van der Waals surface area contributed by atoms with Gasteiger partial charge in [-0.15, -0.1) is 0 Å². The molecule has 10 nitrogen and oxygen atoms in total. The van der Waals surface area contributed by atoms with E-state index in [1.54, 1.807) is 30.3 Å². The van der Waals surface area contributed by atoms with Gasteiger partial charge in [-0.2, -0.15) is 0 Å². The predicted octanol–water partition coefficient (Wildman–Crippen LogP) is -0.408. The Labute approximate surface area is 165 Å². The number of hydrogen-bond acceptors (Lipinski definition) is 7. The van der Waals surface area contributed by atoms with Gasteiger partial charge in [-0.1, -0.05) is 30.3 Å². The van der Waals surface area contributed by atoms with E-state index in [-0.39, 0.29) is 6.42 Å². The number of benzene rings is 1. The van der Waals surface area contributed by atoms with Crippen LogP contribution in [0, 0.1) is 0 Å². The molecule has 1 amide bonds. The lowest BCUT2D eigenvalue weighted by atomic mass is 9.94. The summed E-state index contributed by atoms with van der Waals surface area (Å²) in [6, 6.07) is 6.69. The lowest BCUT2D eigenvalue weighted by molar-refractivity contribution is -0.155. The monoisotopic (exact) mass is 423 g/mol. The zero-order valence-electron chi connectivity index (χ0n) is 15.1. The van der Waals surface area contributed by atoms with E-state index in [0.29, 0.717) is 16.5 Å². The Kier molecular flexibility index (Phi) is 4.95. The first-order valence-electron chi connectivity index (χ1n) is 8.43. The quantitative estimate of drug-likeness (QED) is 0.353. The Morgan fingerprint density at radius 1 is 1.21 bits per heavy atom. The first-order chi connectivity index (χ1) is 13.5. The van der Waals surface area contributed by atoms with Crippen molar-refractivity contribution in [2.45, 2.75) is 29.5 Å². The number of fused-ring (bicyclic) bond motifs is 1. The molecule has 2 aliphatic rings. The number of rotatable bonds is 6. The van der Waals surface area contributed by atoms with Crippen molar-refractivity contribution in [1.82, 2.24) is 4.90 Å². The smallest absolute Gasteiger partial charge is 0.328 e. The molecule has 2 N–H and O–H groups in total. The lowest BCUT2D eigenvalue weighted by Crippen LogP contribution is -2.59. The maximum Gasteiger partial charge on any atom is 0.328 e. The highest BCUT2D eigenvalue weighted by Crippen LogP contribution is 2.48. The molecule has 3 rings (SSSR count). The number of sulfone groups is 1. The molecule has 0 aliphatic carbocycles. The molecular weight excluding hydrogens is 406 g/mol. The molecule has 2 aliphatic heterocycles. The van der Waals surface area contributed by atoms with Crippen LogP contribution >= 0.6 is 0 Å². The van der Waals surface area contributed by atoms with Crippen molar-refractivity contribution < 1.29 is 42.5 Å². The SMILES string of the molecule is C[C@]1(COC(=O)Cc2ccccc2)[C@H](C(=O)O)N2C(=O)/C(=C/C(=O)O)C2S1(=O)=O. The molecule has 0 aromatic heterocycles. The standard InChI is InChI=1S/C18H17NO9S/c1-18(9-28-13(22)7-10-5-3-2-4-6-10)14(17(24)25)19-15(23)11(8-12(20)21)16(19)29(18,26)27/h2-6,8,14,16H,7,9H2,1H3,(H,20,21)(H,24,25)/b11-8-/t14-,16?,18-/m0/s1. The van der Waals surface area contributed by atoms with Gasteiger partial charge in [0.1, 0.15) is 11.4 Å². The van der Waals surface area contributed by atoms with E-state index in [2.05, 4.69) is 0 Å². The number of carbonyl (C=O) groups is 4. The molecule has 29 heavy (non-hydrogen) atoms. The van der Waals surface area contributed by atoms with Crippen LogP contribution < -0.4 is 0 Å². The summed E-state index contributed by atoms with van der Waals surface area (Å²) >= 11 is 0. The summed E-state index contributed by atoms with van der Waals surface area (Å²) in [5, 5.41) is 16.7. The Morgan fingerprint density at radius 3 is 2.38 bits per heavy atom. The topological polar surface area (TPSA) is 155 Å². The van der Waals surface area contributed by atoms with Crippen LogP contribution in [-0.4, -0.2) is 70.1 Å². The number of amides is 1. The van der Waals surface area contributed by atoms with Crippen LogP contribution in [0.1, 0.15) is 12.5 Å². The second kappa shape index (κ2) is 6.99. The molecule has 0 bridgehead atoms. The van der Waals surface area contributed by atoms with Gasteiger partial charge in [0.05, 0.1) is 12.0 Å². The molecule has 3 atom stereocenters. The lowest BCUT2D eigenvalue weighted by Gasteiger charge is -2.37. The molecule has 154 valence electrons. The number of carboxylic acid groups (broad SMARTS) is 2. The summed E-state index contributed by atoms with van der Waals surface area (Å²) < 4.78 is 29.0. The summed E-state index contributed by atoms with van der Waals surface area (Å²) in [4.78, 5) is 47.6. The van der Waals surface area contributed by atoms with Crippen LogP contribution in [0.2, 0.25) is 0 Å². The van der Waals surface area contributed by atoms with Gasteiger partial charge in [-0.05, 0) is 12.5 Å². The minimum Gasteiger partial charge on any atom is -0.480 e. The molecule has 11 heteroatoms. The van der Waals surface area contributed by atoms with Crippen LogP contribution in [0.25, 0.3) is 0 Å². The van der Waals surface area contributed by atoms with E-state index in [4.69, 9.17) is 9.84 Å². The van der Waals surface area contributed by atoms with Gasteiger partial charge in [0, 0.05) is 6.08 Å². The van der Waals surface area contributed by atoms with Crippen molar-refractivity contribution >= 4 is 33.7 Å². The van der Waals surface area contributed by atoms with Gasteiger partial charge < -0.3 is 19.8 Å². The number of aliphatic carboxylic acids is 2. The normalized spacial score (nSPS) is 28.5. The third-order valence-electron chi connectivity index (χ3n) is 5.02. The van der Waals surface area contributed by atoms with Crippen molar-refractivity contribution in [3.8, 4) is 0 Å². The van der Waals surface area contributed by atoms with E-state index in [0.717, 1.165) is 6.92 Å². The minimum atomic E-state index is -4.40. The van der Waals surface area contributed by atoms with E-state index in [1.807, 2.05) is 0 Å². The van der Waals surface area contributed by atoms with E-state index in [9.17, 15) is 32.7 Å². The molecule has 0 saturated carbocycles. The first-order valence-corrected chi connectivity index (χ1v) is 9.98. The zero-order chi connectivity index (χ0) is 21.6. The summed E-state index contributed by atoms with van der Waals surface area (Å²) in [6.45, 7) is 0.277. The van der Waals surface area contributed by atoms with Crippen LogP contribution in [0.15, 0.2) is 42.0 Å². The maximum absolute atomic E-state index is 13.0. The second-order valence-corrected chi connectivity index (χ2v) is 9.39. The van der Waals surface area contributed by atoms with Crippen LogP contribution in [-0.2, 0) is 40.2 Å². The zero-order valence-corrected chi connectivity index (χ0v) is 16.0. The fourth-order valence-corrected chi connectivity index (χ4v) is 5.84. The third-order valence-corrected chi connectivity index (χ3v) is 7.73. The summed E-state index contributed by atoms with van der Waals surface area (Å²) in [6.07, 6.45) is 0.304. The van der Waals surface area contributed by atoms with Gasteiger partial charge in [0.25, 0.3) is 5.91 Å². The fraction of sp³-hybridized carbons (Fsp3) is 0.333. The van der Waals surface area contributed by atoms with Crippen LogP contribution in [0.5, 0.6) is 0 Å². The molecule has 1 aromatic carbocycles. The van der Waals surface area contributed by atoms with Gasteiger partial charge >= 0.3 is 17.9 Å². The second-order valence-electron chi connectivity index (χ2n) is 6.92. The molecular formula is C18H17NO9S. The fourth-order valence-electron chi connectivity index (χ4n) is 3.56. The van der Waals surface area contributed by atoms with Crippen molar-refractivity contribution in [1.29, 1.82) is 0 Å². The van der Waals surface area contributed by atoms with E-state index >= 15 is 0 Å². The Morgan fingerprint density at radius 2 is 1.83 bits per heavy atom. The number of carbonyl (C=O) groups excluding carboxylic acids is 2. The van der Waals surface area contributed by atoms with Gasteiger partial charge in [0.15, 0.2) is 21.3 Å². The van der Waals surface area contributed by atoms with Crippen molar-refractivity contribution in [2.24, 2.45) is 0 Å². The van der Waals surface area contributed by atoms with Crippen molar-refractivity contribution in [2.75, 3.05) is 6.61 Å². The average molecular weight is 423 g/mol. The van der Waals surface area contributed by atoms with Crippen molar-refractivity contribution in [3.63, 3.8) is 0 Å². The molecule has 2 heterocycles. The molecule has 0 radical (unpaired) electrons.